The van der Waals surface area contributed by atoms with Crippen molar-refractivity contribution < 1.29 is 5.11 Å². The summed E-state index contributed by atoms with van der Waals surface area (Å²) in [5, 5.41) is 12.6. The number of hydrogen-bond acceptors (Lipinski definition) is 4. The Morgan fingerprint density at radius 1 is 1.04 bits per heavy atom. The molecule has 4 rings (SSSR count). The number of rotatable bonds is 3. The number of aliphatic imine (C=N–C) groups is 1. The molecule has 2 aromatic heterocycles. The van der Waals surface area contributed by atoms with E-state index in [4.69, 9.17) is 11.6 Å². The number of hydrogen-bond donors (Lipinski definition) is 1. The fraction of sp³-hybridized carbons (Fsp3) is 0.0455. The van der Waals surface area contributed by atoms with E-state index in [9.17, 15) is 9.90 Å². The van der Waals surface area contributed by atoms with E-state index in [0.29, 0.717) is 32.9 Å². The zero-order chi connectivity index (χ0) is 19.7. The number of pyridine rings is 2. The highest BCUT2D eigenvalue weighted by atomic mass is 35.5. The first kappa shape index (κ1) is 17.9. The number of fused-ring (bicyclic) bond motifs is 1. The van der Waals surface area contributed by atoms with Crippen LogP contribution in [0.25, 0.3) is 16.6 Å². The molecule has 0 unspecified atom stereocenters. The molecule has 0 bridgehead atoms. The van der Waals surface area contributed by atoms with Gasteiger partial charge in [-0.3, -0.25) is 9.79 Å². The zero-order valence-electron chi connectivity index (χ0n) is 15.0. The molecular formula is C22H16ClN3O2. The molecule has 1 N–H and O–H groups in total. The van der Waals surface area contributed by atoms with Crippen LogP contribution in [-0.2, 0) is 0 Å². The lowest BCUT2D eigenvalue weighted by atomic mass is 10.1. The van der Waals surface area contributed by atoms with E-state index < -0.39 is 0 Å². The van der Waals surface area contributed by atoms with Crippen molar-refractivity contribution in [1.29, 1.82) is 0 Å². The lowest BCUT2D eigenvalue weighted by Gasteiger charge is -2.13. The highest BCUT2D eigenvalue weighted by Gasteiger charge is 2.17. The lowest BCUT2D eigenvalue weighted by Crippen LogP contribution is -2.21. The van der Waals surface area contributed by atoms with Crippen LogP contribution in [0.2, 0.25) is 5.02 Å². The fourth-order valence-corrected chi connectivity index (χ4v) is 3.24. The molecule has 0 radical (unpaired) electrons. The van der Waals surface area contributed by atoms with Gasteiger partial charge in [-0.2, -0.15) is 0 Å². The summed E-state index contributed by atoms with van der Waals surface area (Å²) in [7, 11) is 0. The van der Waals surface area contributed by atoms with Gasteiger partial charge in [0.05, 0.1) is 11.3 Å². The highest BCUT2D eigenvalue weighted by Crippen LogP contribution is 2.26. The van der Waals surface area contributed by atoms with E-state index in [1.165, 1.54) is 10.8 Å². The molecule has 0 saturated heterocycles. The van der Waals surface area contributed by atoms with Crippen molar-refractivity contribution >= 4 is 34.3 Å². The van der Waals surface area contributed by atoms with E-state index in [1.807, 2.05) is 19.1 Å². The third-order valence-corrected chi connectivity index (χ3v) is 4.59. The van der Waals surface area contributed by atoms with Gasteiger partial charge in [0.2, 0.25) is 5.88 Å². The van der Waals surface area contributed by atoms with Crippen LogP contribution in [0.4, 0.5) is 5.69 Å². The summed E-state index contributed by atoms with van der Waals surface area (Å²) in [6.45, 7) is 1.83. The number of nitrogens with zero attached hydrogens (tertiary/aromatic N) is 3. The van der Waals surface area contributed by atoms with Crippen molar-refractivity contribution in [3.05, 3.63) is 93.4 Å². The Morgan fingerprint density at radius 2 is 1.79 bits per heavy atom. The Labute approximate surface area is 166 Å². The van der Waals surface area contributed by atoms with E-state index in [0.717, 1.165) is 5.69 Å². The first-order valence-electron chi connectivity index (χ1n) is 8.65. The van der Waals surface area contributed by atoms with E-state index in [2.05, 4.69) is 9.98 Å². The molecule has 2 aromatic carbocycles. The van der Waals surface area contributed by atoms with Crippen LogP contribution < -0.4 is 5.56 Å². The summed E-state index contributed by atoms with van der Waals surface area (Å²) in [5.74, 6) is 0.137. The second-order valence-electron chi connectivity index (χ2n) is 6.30. The number of aromatic hydroxyl groups is 1. The van der Waals surface area contributed by atoms with Crippen molar-refractivity contribution in [2.75, 3.05) is 0 Å². The van der Waals surface area contributed by atoms with Gasteiger partial charge in [-0.1, -0.05) is 41.9 Å². The number of benzene rings is 2. The van der Waals surface area contributed by atoms with Crippen LogP contribution in [0.15, 0.2) is 76.5 Å². The summed E-state index contributed by atoms with van der Waals surface area (Å²) < 4.78 is 1.20. The van der Waals surface area contributed by atoms with Gasteiger partial charge >= 0.3 is 0 Å². The molecule has 0 spiro atoms. The molecule has 5 nitrogen and oxygen atoms in total. The summed E-state index contributed by atoms with van der Waals surface area (Å²) >= 11 is 6.02. The molecule has 0 amide bonds. The normalized spacial score (nSPS) is 11.4. The molecule has 0 aliphatic carbocycles. The van der Waals surface area contributed by atoms with Crippen molar-refractivity contribution in [2.45, 2.75) is 6.92 Å². The first-order chi connectivity index (χ1) is 13.5. The Balaban J connectivity index is 1.99. The van der Waals surface area contributed by atoms with Gasteiger partial charge < -0.3 is 5.11 Å². The van der Waals surface area contributed by atoms with E-state index in [1.54, 1.807) is 54.6 Å². The molecule has 0 atom stereocenters. The van der Waals surface area contributed by atoms with Crippen LogP contribution in [0.1, 0.15) is 11.3 Å². The standard InChI is InChI=1S/C22H16ClN3O2/c1-14-6-4-11-20(25-14)26-21(27)18-10-3-2-9-17(18)19(22(26)28)13-24-16-8-5-7-15(23)12-16/h2-13,28H,1H3. The van der Waals surface area contributed by atoms with Gasteiger partial charge in [-0.25, -0.2) is 9.55 Å². The Morgan fingerprint density at radius 3 is 2.54 bits per heavy atom. The second kappa shape index (κ2) is 7.29. The maximum absolute atomic E-state index is 13.0. The average Bonchev–Trinajstić information content (AvgIpc) is 2.68. The molecule has 0 aliphatic heterocycles. The Kier molecular flexibility index (Phi) is 4.67. The molecule has 0 aliphatic rings. The van der Waals surface area contributed by atoms with Gasteiger partial charge in [-0.15, -0.1) is 0 Å². The van der Waals surface area contributed by atoms with Crippen LogP contribution >= 0.6 is 11.6 Å². The molecule has 2 heterocycles. The quantitative estimate of drug-likeness (QED) is 0.511. The molecule has 138 valence electrons. The van der Waals surface area contributed by atoms with Gasteiger partial charge in [-0.05, 0) is 43.3 Å². The minimum Gasteiger partial charge on any atom is -0.494 e. The summed E-state index contributed by atoms with van der Waals surface area (Å²) in [6.07, 6.45) is 1.54. The minimum atomic E-state index is -0.342. The van der Waals surface area contributed by atoms with Crippen LogP contribution in [-0.4, -0.2) is 20.9 Å². The van der Waals surface area contributed by atoms with Gasteiger partial charge in [0.1, 0.15) is 5.82 Å². The van der Waals surface area contributed by atoms with Crippen molar-refractivity contribution in [3.8, 4) is 11.7 Å². The van der Waals surface area contributed by atoms with Crippen LogP contribution in [0.5, 0.6) is 5.88 Å². The minimum absolute atomic E-state index is 0.215. The Hall–Kier alpha value is -3.44. The molecule has 0 fully saturated rings. The fourth-order valence-electron chi connectivity index (χ4n) is 3.05. The summed E-state index contributed by atoms with van der Waals surface area (Å²) in [5.41, 5.74) is 1.47. The van der Waals surface area contributed by atoms with Crippen molar-refractivity contribution in [1.82, 2.24) is 9.55 Å². The first-order valence-corrected chi connectivity index (χ1v) is 9.03. The van der Waals surface area contributed by atoms with E-state index in [-0.39, 0.29) is 11.4 Å². The smallest absolute Gasteiger partial charge is 0.267 e. The van der Waals surface area contributed by atoms with Gasteiger partial charge in [0, 0.05) is 27.7 Å². The maximum atomic E-state index is 13.0. The monoisotopic (exact) mass is 389 g/mol. The second-order valence-corrected chi connectivity index (χ2v) is 6.74. The SMILES string of the molecule is Cc1cccc(-n2c(O)c(C=Nc3cccc(Cl)c3)c3ccccc3c2=O)n1. The van der Waals surface area contributed by atoms with Crippen molar-refractivity contribution in [3.63, 3.8) is 0 Å². The number of halogens is 1. The zero-order valence-corrected chi connectivity index (χ0v) is 15.8. The number of aryl methyl sites for hydroxylation is 1. The van der Waals surface area contributed by atoms with E-state index >= 15 is 0 Å². The summed E-state index contributed by atoms with van der Waals surface area (Å²) in [6, 6.07) is 19.5. The summed E-state index contributed by atoms with van der Waals surface area (Å²) in [4.78, 5) is 21.8. The third-order valence-electron chi connectivity index (χ3n) is 4.36. The van der Waals surface area contributed by atoms with Crippen LogP contribution in [0.3, 0.4) is 0 Å². The molecule has 6 heteroatoms. The van der Waals surface area contributed by atoms with Gasteiger partial charge in [0.25, 0.3) is 5.56 Å². The van der Waals surface area contributed by atoms with Crippen LogP contribution in [0, 0.1) is 6.92 Å². The lowest BCUT2D eigenvalue weighted by molar-refractivity contribution is 0.435. The topological polar surface area (TPSA) is 67.5 Å². The maximum Gasteiger partial charge on any atom is 0.267 e. The average molecular weight is 390 g/mol. The molecule has 0 saturated carbocycles. The number of aromatic nitrogens is 2. The Bertz CT molecular complexity index is 1280. The van der Waals surface area contributed by atoms with Crippen molar-refractivity contribution in [2.24, 2.45) is 4.99 Å². The predicted molar refractivity (Wildman–Crippen MR) is 112 cm³/mol. The molecule has 28 heavy (non-hydrogen) atoms. The molecule has 4 aromatic rings. The predicted octanol–water partition coefficient (Wildman–Crippen LogP) is 4.80. The third kappa shape index (κ3) is 3.28. The highest BCUT2D eigenvalue weighted by molar-refractivity contribution is 6.30. The largest absolute Gasteiger partial charge is 0.494 e. The van der Waals surface area contributed by atoms with Gasteiger partial charge in [0.15, 0.2) is 0 Å². The molecular weight excluding hydrogens is 374 g/mol.